The van der Waals surface area contributed by atoms with Crippen LogP contribution in [0.1, 0.15) is 31.2 Å². The van der Waals surface area contributed by atoms with Gasteiger partial charge in [-0.1, -0.05) is 36.6 Å². The first-order chi connectivity index (χ1) is 8.25. The molecule has 1 N–H and O–H groups in total. The Morgan fingerprint density at radius 1 is 1.12 bits per heavy atom. The quantitative estimate of drug-likeness (QED) is 0.550. The molecule has 0 atom stereocenters. The average molecular weight is 278 g/mol. The molecule has 0 radical (unpaired) electrons. The van der Waals surface area contributed by atoms with E-state index in [4.69, 9.17) is 23.2 Å². The lowest BCUT2D eigenvalue weighted by Crippen LogP contribution is -2.15. The highest BCUT2D eigenvalue weighted by molar-refractivity contribution is 6.31. The van der Waals surface area contributed by atoms with Crippen molar-refractivity contribution in [1.82, 2.24) is 5.32 Å². The van der Waals surface area contributed by atoms with Crippen molar-refractivity contribution in [3.8, 4) is 0 Å². The summed E-state index contributed by atoms with van der Waals surface area (Å²) in [5, 5.41) is 3.49. The van der Waals surface area contributed by atoms with Crippen molar-refractivity contribution in [2.24, 2.45) is 0 Å². The molecule has 0 fully saturated rings. The second-order valence-corrected chi connectivity index (χ2v) is 4.75. The molecule has 1 aromatic carbocycles. The maximum Gasteiger partial charge on any atom is 0.142 e. The largest absolute Gasteiger partial charge is 0.313 e. The molecule has 0 aliphatic rings. The van der Waals surface area contributed by atoms with Gasteiger partial charge in [-0.3, -0.25) is 0 Å². The first-order valence-corrected chi connectivity index (χ1v) is 6.86. The van der Waals surface area contributed by atoms with Gasteiger partial charge in [-0.05, 0) is 31.0 Å². The second-order valence-electron chi connectivity index (χ2n) is 3.99. The van der Waals surface area contributed by atoms with Crippen molar-refractivity contribution in [1.29, 1.82) is 0 Å². The Hall–Kier alpha value is -0.310. The van der Waals surface area contributed by atoms with Crippen LogP contribution < -0.4 is 5.32 Å². The Kier molecular flexibility index (Phi) is 7.58. The molecule has 0 amide bonds. The molecule has 0 aliphatic heterocycles. The van der Waals surface area contributed by atoms with Crippen LogP contribution in [-0.4, -0.2) is 12.4 Å². The summed E-state index contributed by atoms with van der Waals surface area (Å²) in [4.78, 5) is 0. The number of unbranched alkanes of at least 4 members (excludes halogenated alkanes) is 3. The third-order valence-corrected chi connectivity index (χ3v) is 3.27. The summed E-state index contributed by atoms with van der Waals surface area (Å²) in [6, 6.07) is 4.89. The van der Waals surface area contributed by atoms with Gasteiger partial charge in [-0.25, -0.2) is 4.39 Å². The predicted molar refractivity (Wildman–Crippen MR) is 72.3 cm³/mol. The number of hydrogen-bond donors (Lipinski definition) is 1. The lowest BCUT2D eigenvalue weighted by atomic mass is 10.2. The van der Waals surface area contributed by atoms with Gasteiger partial charge < -0.3 is 5.32 Å². The van der Waals surface area contributed by atoms with Crippen molar-refractivity contribution in [3.63, 3.8) is 0 Å². The SMILES string of the molecule is Fc1cccc(CNCCCCCCCl)c1Cl. The molecule has 1 rings (SSSR count). The average Bonchev–Trinajstić information content (AvgIpc) is 2.33. The van der Waals surface area contributed by atoms with Crippen LogP contribution in [0.25, 0.3) is 0 Å². The predicted octanol–water partition coefficient (Wildman–Crippen LogP) is 4.37. The van der Waals surface area contributed by atoms with Gasteiger partial charge in [0.2, 0.25) is 0 Å². The Labute approximate surface area is 112 Å². The van der Waals surface area contributed by atoms with Crippen molar-refractivity contribution in [2.45, 2.75) is 32.2 Å². The Balaban J connectivity index is 2.16. The summed E-state index contributed by atoms with van der Waals surface area (Å²) in [5.41, 5.74) is 0.812. The summed E-state index contributed by atoms with van der Waals surface area (Å²) in [6.45, 7) is 1.54. The number of alkyl halides is 1. The highest BCUT2D eigenvalue weighted by Crippen LogP contribution is 2.19. The minimum atomic E-state index is -0.354. The first kappa shape index (κ1) is 14.7. The maximum atomic E-state index is 13.1. The van der Waals surface area contributed by atoms with Gasteiger partial charge in [0, 0.05) is 12.4 Å². The molecule has 96 valence electrons. The van der Waals surface area contributed by atoms with Gasteiger partial charge in [0.1, 0.15) is 5.82 Å². The van der Waals surface area contributed by atoms with Crippen LogP contribution >= 0.6 is 23.2 Å². The summed E-state index contributed by atoms with van der Waals surface area (Å²) in [6.07, 6.45) is 4.55. The van der Waals surface area contributed by atoms with Gasteiger partial charge in [-0.15, -0.1) is 11.6 Å². The van der Waals surface area contributed by atoms with Gasteiger partial charge in [0.05, 0.1) is 5.02 Å². The van der Waals surface area contributed by atoms with Crippen molar-refractivity contribution < 1.29 is 4.39 Å². The molecule has 4 heteroatoms. The summed E-state index contributed by atoms with van der Waals surface area (Å²) < 4.78 is 13.1. The number of benzene rings is 1. The fourth-order valence-electron chi connectivity index (χ4n) is 1.61. The molecule has 0 unspecified atom stereocenters. The molecule has 0 spiro atoms. The molecule has 0 aromatic heterocycles. The molecule has 0 saturated heterocycles. The molecule has 1 aromatic rings. The Morgan fingerprint density at radius 3 is 2.65 bits per heavy atom. The minimum Gasteiger partial charge on any atom is -0.313 e. The van der Waals surface area contributed by atoms with Crippen molar-refractivity contribution >= 4 is 23.2 Å². The highest BCUT2D eigenvalue weighted by atomic mass is 35.5. The third-order valence-electron chi connectivity index (χ3n) is 2.58. The van der Waals surface area contributed by atoms with E-state index in [2.05, 4.69) is 5.32 Å². The van der Waals surface area contributed by atoms with E-state index in [9.17, 15) is 4.39 Å². The second kappa shape index (κ2) is 8.73. The molecular formula is C13H18Cl2FN. The molecular weight excluding hydrogens is 260 g/mol. The van der Waals surface area contributed by atoms with Crippen LogP contribution in [0.2, 0.25) is 5.02 Å². The number of rotatable bonds is 8. The fraction of sp³-hybridized carbons (Fsp3) is 0.538. The molecule has 0 aliphatic carbocycles. The molecule has 0 saturated carbocycles. The van der Waals surface area contributed by atoms with Crippen LogP contribution in [0.15, 0.2) is 18.2 Å². The van der Waals surface area contributed by atoms with Gasteiger partial charge in [0.15, 0.2) is 0 Å². The van der Waals surface area contributed by atoms with E-state index in [-0.39, 0.29) is 10.8 Å². The number of halogens is 3. The van der Waals surface area contributed by atoms with E-state index in [1.54, 1.807) is 6.07 Å². The lowest BCUT2D eigenvalue weighted by molar-refractivity contribution is 0.593. The van der Waals surface area contributed by atoms with Crippen LogP contribution in [0.3, 0.4) is 0 Å². The van der Waals surface area contributed by atoms with Crippen LogP contribution in [-0.2, 0) is 6.54 Å². The van der Waals surface area contributed by atoms with Crippen molar-refractivity contribution in [2.75, 3.05) is 12.4 Å². The van der Waals surface area contributed by atoms with Crippen LogP contribution in [0.5, 0.6) is 0 Å². The zero-order chi connectivity index (χ0) is 12.5. The van der Waals surface area contributed by atoms with E-state index in [0.29, 0.717) is 6.54 Å². The summed E-state index contributed by atoms with van der Waals surface area (Å²) >= 11 is 11.4. The highest BCUT2D eigenvalue weighted by Gasteiger charge is 2.04. The van der Waals surface area contributed by atoms with Gasteiger partial charge >= 0.3 is 0 Å². The monoisotopic (exact) mass is 277 g/mol. The van der Waals surface area contributed by atoms with E-state index in [0.717, 1.165) is 30.8 Å². The standard InChI is InChI=1S/C13H18Cl2FN/c14-8-3-1-2-4-9-17-10-11-6-5-7-12(16)13(11)15/h5-7,17H,1-4,8-10H2. The van der Waals surface area contributed by atoms with E-state index in [1.165, 1.54) is 18.9 Å². The summed E-state index contributed by atoms with van der Waals surface area (Å²) in [7, 11) is 0. The topological polar surface area (TPSA) is 12.0 Å². The minimum absolute atomic E-state index is 0.224. The van der Waals surface area contributed by atoms with Crippen LogP contribution in [0.4, 0.5) is 4.39 Å². The fourth-order valence-corrected chi connectivity index (χ4v) is 1.99. The van der Waals surface area contributed by atoms with E-state index in [1.807, 2.05) is 6.07 Å². The zero-order valence-corrected chi connectivity index (χ0v) is 11.3. The summed E-state index contributed by atoms with van der Waals surface area (Å²) in [5.74, 6) is 0.389. The third kappa shape index (κ3) is 5.71. The maximum absolute atomic E-state index is 13.1. The lowest BCUT2D eigenvalue weighted by Gasteiger charge is -2.07. The number of hydrogen-bond acceptors (Lipinski definition) is 1. The van der Waals surface area contributed by atoms with Crippen molar-refractivity contribution in [3.05, 3.63) is 34.6 Å². The molecule has 0 heterocycles. The zero-order valence-electron chi connectivity index (χ0n) is 9.82. The van der Waals surface area contributed by atoms with E-state index >= 15 is 0 Å². The molecule has 0 bridgehead atoms. The smallest absolute Gasteiger partial charge is 0.142 e. The number of nitrogens with one attached hydrogen (secondary N) is 1. The molecule has 1 nitrogen and oxygen atoms in total. The van der Waals surface area contributed by atoms with Gasteiger partial charge in [0.25, 0.3) is 0 Å². The Morgan fingerprint density at radius 2 is 1.88 bits per heavy atom. The Bertz CT molecular complexity index is 331. The normalized spacial score (nSPS) is 10.8. The van der Waals surface area contributed by atoms with E-state index < -0.39 is 0 Å². The molecule has 17 heavy (non-hydrogen) atoms. The van der Waals surface area contributed by atoms with Crippen LogP contribution in [0, 0.1) is 5.82 Å². The first-order valence-electron chi connectivity index (χ1n) is 5.95. The van der Waals surface area contributed by atoms with Gasteiger partial charge in [-0.2, -0.15) is 0 Å².